The largest absolute Gasteiger partial charge is 0.478 e. The van der Waals surface area contributed by atoms with Crippen molar-refractivity contribution < 1.29 is 49.4 Å². The number of rotatable bonds is 2. The first-order valence-corrected chi connectivity index (χ1v) is 4.71. The minimum atomic E-state index is -6.70. The number of carboxylic acid groups (broad SMARTS) is 1. The standard InChI is InChI=1S/C9H5F9O2/c1-3(4(19)20)2-5(10)6(11,12)8(15,16)9(17,18)7(5,13)14/h2H,1H3,(H,19,20). The van der Waals surface area contributed by atoms with Gasteiger partial charge in [0.15, 0.2) is 0 Å². The molecule has 1 fully saturated rings. The molecule has 0 aromatic carbocycles. The lowest BCUT2D eigenvalue weighted by atomic mass is 9.94. The number of hydrogen-bond acceptors (Lipinski definition) is 1. The summed E-state index contributed by atoms with van der Waals surface area (Å²) in [5.41, 5.74) is -7.41. The van der Waals surface area contributed by atoms with Crippen molar-refractivity contribution in [1.82, 2.24) is 0 Å². The minimum absolute atomic E-state index is 0.310. The molecule has 1 rings (SSSR count). The van der Waals surface area contributed by atoms with E-state index in [-0.39, 0.29) is 0 Å². The van der Waals surface area contributed by atoms with Crippen molar-refractivity contribution >= 4 is 5.97 Å². The molecular weight excluding hydrogens is 311 g/mol. The maximum absolute atomic E-state index is 13.7. The van der Waals surface area contributed by atoms with Gasteiger partial charge in [0, 0.05) is 5.57 Å². The normalized spacial score (nSPS) is 29.2. The summed E-state index contributed by atoms with van der Waals surface area (Å²) in [4.78, 5) is 10.3. The number of hydrogen-bond donors (Lipinski definition) is 1. The first-order valence-electron chi connectivity index (χ1n) is 4.71. The lowest BCUT2D eigenvalue weighted by molar-refractivity contribution is -0.303. The Morgan fingerprint density at radius 2 is 1.10 bits per heavy atom. The van der Waals surface area contributed by atoms with Crippen LogP contribution in [-0.4, -0.2) is 40.4 Å². The molecule has 1 saturated carbocycles. The van der Waals surface area contributed by atoms with Crippen LogP contribution in [0.1, 0.15) is 6.92 Å². The predicted molar refractivity (Wildman–Crippen MR) is 45.0 cm³/mol. The van der Waals surface area contributed by atoms with Crippen LogP contribution in [0.3, 0.4) is 0 Å². The third-order valence-corrected chi connectivity index (χ3v) is 2.85. The van der Waals surface area contributed by atoms with Gasteiger partial charge in [-0.05, 0) is 13.0 Å². The van der Waals surface area contributed by atoms with E-state index in [2.05, 4.69) is 0 Å². The fourth-order valence-electron chi connectivity index (χ4n) is 1.59. The highest BCUT2D eigenvalue weighted by Crippen LogP contribution is 2.69. The van der Waals surface area contributed by atoms with Gasteiger partial charge in [-0.2, -0.15) is 35.1 Å². The fourth-order valence-corrected chi connectivity index (χ4v) is 1.59. The average molecular weight is 316 g/mol. The van der Waals surface area contributed by atoms with E-state index >= 15 is 0 Å². The van der Waals surface area contributed by atoms with E-state index in [0.717, 1.165) is 0 Å². The molecule has 0 aromatic heterocycles. The maximum atomic E-state index is 13.7. The third-order valence-electron chi connectivity index (χ3n) is 2.85. The summed E-state index contributed by atoms with van der Waals surface area (Å²) in [7, 11) is 0. The van der Waals surface area contributed by atoms with Crippen molar-refractivity contribution in [2.75, 3.05) is 0 Å². The molecule has 0 aliphatic heterocycles. The summed E-state index contributed by atoms with van der Waals surface area (Å²) in [5.74, 6) is -28.6. The number of alkyl halides is 9. The zero-order valence-corrected chi connectivity index (χ0v) is 9.33. The van der Waals surface area contributed by atoms with Gasteiger partial charge in [0.25, 0.3) is 5.67 Å². The molecule has 0 radical (unpaired) electrons. The second-order valence-electron chi connectivity index (χ2n) is 4.14. The van der Waals surface area contributed by atoms with Crippen LogP contribution in [0.15, 0.2) is 11.6 Å². The number of carbonyl (C=O) groups is 1. The molecule has 11 heteroatoms. The third kappa shape index (κ3) is 1.46. The highest BCUT2D eigenvalue weighted by Gasteiger charge is 3.00. The molecule has 0 spiro atoms. The molecule has 1 aliphatic carbocycles. The Balaban J connectivity index is 3.70. The highest BCUT2D eigenvalue weighted by molar-refractivity contribution is 5.86. The smallest absolute Gasteiger partial charge is 0.382 e. The van der Waals surface area contributed by atoms with E-state index in [1.54, 1.807) is 0 Å². The second kappa shape index (κ2) is 3.82. The number of allylic oxidation sites excluding steroid dienone is 1. The molecule has 0 saturated heterocycles. The maximum Gasteiger partial charge on any atom is 0.382 e. The predicted octanol–water partition coefficient (Wildman–Crippen LogP) is 3.28. The van der Waals surface area contributed by atoms with Gasteiger partial charge in [0.05, 0.1) is 0 Å². The molecular formula is C9H5F9O2. The lowest BCUT2D eigenvalue weighted by Crippen LogP contribution is -2.53. The summed E-state index contributed by atoms with van der Waals surface area (Å²) >= 11 is 0. The molecule has 0 aromatic rings. The van der Waals surface area contributed by atoms with E-state index in [9.17, 15) is 44.3 Å². The summed E-state index contributed by atoms with van der Waals surface area (Å²) < 4.78 is 117. The Morgan fingerprint density at radius 1 is 0.800 bits per heavy atom. The Hall–Kier alpha value is -1.42. The van der Waals surface area contributed by atoms with Crippen LogP contribution in [0.2, 0.25) is 0 Å². The van der Waals surface area contributed by atoms with Crippen LogP contribution in [0.25, 0.3) is 0 Å². The molecule has 0 atom stereocenters. The van der Waals surface area contributed by atoms with Crippen LogP contribution in [0.5, 0.6) is 0 Å². The zero-order valence-electron chi connectivity index (χ0n) is 9.33. The number of halogens is 9. The SMILES string of the molecule is CC(=CC1(F)C(F)(F)C(F)(F)C(F)(F)C1(F)F)C(=O)O. The quantitative estimate of drug-likeness (QED) is 0.627. The van der Waals surface area contributed by atoms with Crippen molar-refractivity contribution in [3.05, 3.63) is 11.6 Å². The van der Waals surface area contributed by atoms with E-state index in [4.69, 9.17) is 5.11 Å². The Bertz CT molecular complexity index is 454. The van der Waals surface area contributed by atoms with Gasteiger partial charge in [-0.1, -0.05) is 0 Å². The lowest BCUT2D eigenvalue weighted by Gasteiger charge is -2.28. The van der Waals surface area contributed by atoms with Gasteiger partial charge in [-0.25, -0.2) is 9.18 Å². The van der Waals surface area contributed by atoms with Crippen LogP contribution in [-0.2, 0) is 4.79 Å². The Labute approximate surface area is 104 Å². The van der Waals surface area contributed by atoms with Crippen molar-refractivity contribution in [2.24, 2.45) is 0 Å². The highest BCUT2D eigenvalue weighted by atomic mass is 19.4. The van der Waals surface area contributed by atoms with Crippen molar-refractivity contribution in [3.63, 3.8) is 0 Å². The van der Waals surface area contributed by atoms with Crippen molar-refractivity contribution in [2.45, 2.75) is 36.3 Å². The second-order valence-corrected chi connectivity index (χ2v) is 4.14. The Morgan fingerprint density at radius 3 is 1.35 bits per heavy atom. The summed E-state index contributed by atoms with van der Waals surface area (Å²) in [6, 6.07) is 0. The molecule has 0 heterocycles. The molecule has 0 amide bonds. The van der Waals surface area contributed by atoms with Crippen LogP contribution in [0.4, 0.5) is 39.5 Å². The van der Waals surface area contributed by atoms with Crippen LogP contribution in [0, 0.1) is 0 Å². The fraction of sp³-hybridized carbons (Fsp3) is 0.667. The van der Waals surface area contributed by atoms with Gasteiger partial charge >= 0.3 is 29.7 Å². The van der Waals surface area contributed by atoms with E-state index in [0.29, 0.717) is 6.92 Å². The number of aliphatic carboxylic acids is 1. The molecule has 116 valence electrons. The first-order chi connectivity index (χ1) is 8.58. The first kappa shape index (κ1) is 16.6. The summed E-state index contributed by atoms with van der Waals surface area (Å²) in [6.07, 6.45) is -1.12. The van der Waals surface area contributed by atoms with Gasteiger partial charge in [-0.15, -0.1) is 0 Å². The minimum Gasteiger partial charge on any atom is -0.478 e. The van der Waals surface area contributed by atoms with E-state index in [1.807, 2.05) is 0 Å². The number of carboxylic acids is 1. The van der Waals surface area contributed by atoms with Gasteiger partial charge in [-0.3, -0.25) is 0 Å². The monoisotopic (exact) mass is 316 g/mol. The summed E-state index contributed by atoms with van der Waals surface area (Å²) in [6.45, 7) is 0.310. The molecule has 1 aliphatic rings. The van der Waals surface area contributed by atoms with Gasteiger partial charge < -0.3 is 5.11 Å². The van der Waals surface area contributed by atoms with Crippen LogP contribution < -0.4 is 0 Å². The zero-order chi connectivity index (χ0) is 16.4. The van der Waals surface area contributed by atoms with Crippen molar-refractivity contribution in [1.29, 1.82) is 0 Å². The van der Waals surface area contributed by atoms with Crippen molar-refractivity contribution in [3.8, 4) is 0 Å². The van der Waals surface area contributed by atoms with Crippen LogP contribution >= 0.6 is 0 Å². The van der Waals surface area contributed by atoms with E-state index < -0.39 is 47.0 Å². The summed E-state index contributed by atoms with van der Waals surface area (Å²) in [5, 5.41) is 8.26. The van der Waals surface area contributed by atoms with E-state index in [1.165, 1.54) is 0 Å². The van der Waals surface area contributed by atoms with Gasteiger partial charge in [0.1, 0.15) is 0 Å². The molecule has 1 N–H and O–H groups in total. The molecule has 2 nitrogen and oxygen atoms in total. The Kier molecular flexibility index (Phi) is 3.17. The molecule has 0 bridgehead atoms. The molecule has 20 heavy (non-hydrogen) atoms. The average Bonchev–Trinajstić information content (AvgIpc) is 2.30. The topological polar surface area (TPSA) is 37.3 Å². The molecule has 0 unspecified atom stereocenters. The van der Waals surface area contributed by atoms with Gasteiger partial charge in [0.2, 0.25) is 0 Å².